The number of piperidine rings is 1. The van der Waals surface area contributed by atoms with Gasteiger partial charge in [-0.15, -0.1) is 0 Å². The van der Waals surface area contributed by atoms with Crippen molar-refractivity contribution < 1.29 is 9.59 Å². The number of fused-ring (bicyclic) bond motifs is 1. The van der Waals surface area contributed by atoms with E-state index in [9.17, 15) is 9.59 Å². The third-order valence-corrected chi connectivity index (χ3v) is 6.28. The first-order valence-electron chi connectivity index (χ1n) is 10.4. The molecule has 1 atom stereocenters. The lowest BCUT2D eigenvalue weighted by molar-refractivity contribution is -0.143. The fraction of sp³-hybridized carbons (Fsp3) is 0.700. The zero-order valence-corrected chi connectivity index (χ0v) is 16.9. The van der Waals surface area contributed by atoms with E-state index in [0.717, 1.165) is 56.6 Å². The number of hydrogen-bond acceptors (Lipinski definition) is 6. The minimum atomic E-state index is -0.374. The number of hydrogen-bond donors (Lipinski definition) is 2. The molecule has 152 valence electrons. The molecule has 0 spiro atoms. The molecule has 0 unspecified atom stereocenters. The van der Waals surface area contributed by atoms with Crippen molar-refractivity contribution in [2.75, 3.05) is 45.1 Å². The largest absolute Gasteiger partial charge is 0.357 e. The van der Waals surface area contributed by atoms with Crippen molar-refractivity contribution in [1.29, 1.82) is 0 Å². The van der Waals surface area contributed by atoms with E-state index >= 15 is 0 Å². The van der Waals surface area contributed by atoms with E-state index in [1.165, 1.54) is 0 Å². The molecule has 3 aliphatic rings. The smallest absolute Gasteiger partial charge is 0.273 e. The van der Waals surface area contributed by atoms with E-state index in [1.54, 1.807) is 7.05 Å². The van der Waals surface area contributed by atoms with Crippen molar-refractivity contribution in [3.63, 3.8) is 0 Å². The predicted octanol–water partition coefficient (Wildman–Crippen LogP) is 1.03. The number of likely N-dealkylation sites (tertiary alicyclic amines) is 1. The summed E-state index contributed by atoms with van der Waals surface area (Å²) in [6, 6.07) is 0. The van der Waals surface area contributed by atoms with E-state index in [1.807, 2.05) is 16.7 Å². The molecule has 28 heavy (non-hydrogen) atoms. The van der Waals surface area contributed by atoms with Crippen LogP contribution in [0.3, 0.4) is 0 Å². The molecule has 2 amide bonds. The number of nitrogens with one attached hydrogen (secondary N) is 2. The van der Waals surface area contributed by atoms with Gasteiger partial charge in [0.15, 0.2) is 0 Å². The number of nitrogens with zero attached hydrogens (tertiary/aromatic N) is 4. The zero-order valence-electron chi connectivity index (χ0n) is 16.9. The fourth-order valence-electron chi connectivity index (χ4n) is 4.57. The molecule has 4 rings (SSSR count). The summed E-state index contributed by atoms with van der Waals surface area (Å²) in [6.07, 6.45) is 4.64. The Morgan fingerprint density at radius 3 is 2.57 bits per heavy atom. The van der Waals surface area contributed by atoms with Crippen molar-refractivity contribution in [2.24, 2.45) is 5.41 Å². The van der Waals surface area contributed by atoms with Crippen LogP contribution in [-0.2, 0) is 17.8 Å². The quantitative estimate of drug-likeness (QED) is 0.806. The molecule has 0 radical (unpaired) electrons. The van der Waals surface area contributed by atoms with Gasteiger partial charge in [-0.05, 0) is 39.2 Å². The van der Waals surface area contributed by atoms with E-state index in [4.69, 9.17) is 0 Å². The van der Waals surface area contributed by atoms with Gasteiger partial charge < -0.3 is 20.4 Å². The second-order valence-electron chi connectivity index (χ2n) is 8.39. The summed E-state index contributed by atoms with van der Waals surface area (Å²) in [5.41, 5.74) is 1.79. The maximum Gasteiger partial charge on any atom is 0.273 e. The van der Waals surface area contributed by atoms with Crippen molar-refractivity contribution in [2.45, 2.75) is 45.6 Å². The van der Waals surface area contributed by atoms with Gasteiger partial charge in [0.1, 0.15) is 5.69 Å². The summed E-state index contributed by atoms with van der Waals surface area (Å²) >= 11 is 0. The normalized spacial score (nSPS) is 24.8. The Kier molecular flexibility index (Phi) is 5.23. The van der Waals surface area contributed by atoms with Gasteiger partial charge in [0.2, 0.25) is 11.9 Å². The molecular weight excluding hydrogens is 356 g/mol. The number of amides is 2. The standard InChI is InChI=1S/C20H30N6O2/c1-20(7-5-8-22-13-20)18(28)26-11-6-15-14(12-26)16(24-19(21-2)23-15)17(27)25-9-3-4-10-25/h22H,3-13H2,1-2H3,(H,21,23,24)/t20-/m1/s1. The average molecular weight is 387 g/mol. The Hall–Kier alpha value is -2.22. The maximum absolute atomic E-state index is 13.3. The molecule has 2 saturated heterocycles. The number of aromatic nitrogens is 2. The first-order valence-corrected chi connectivity index (χ1v) is 10.4. The SMILES string of the molecule is CNc1nc2c(c(C(=O)N3CCCC3)n1)CN(C(=O)[C@]1(C)CCCNC1)CC2. The topological polar surface area (TPSA) is 90.5 Å². The summed E-state index contributed by atoms with van der Waals surface area (Å²) < 4.78 is 0. The lowest BCUT2D eigenvalue weighted by Crippen LogP contribution is -2.51. The molecule has 2 N–H and O–H groups in total. The minimum Gasteiger partial charge on any atom is -0.357 e. The molecule has 0 aliphatic carbocycles. The van der Waals surface area contributed by atoms with Gasteiger partial charge in [-0.1, -0.05) is 0 Å². The Labute approximate surface area is 166 Å². The van der Waals surface area contributed by atoms with Crippen molar-refractivity contribution in [1.82, 2.24) is 25.1 Å². The molecular formula is C20H30N6O2. The van der Waals surface area contributed by atoms with E-state index in [-0.39, 0.29) is 17.2 Å². The Morgan fingerprint density at radius 1 is 1.11 bits per heavy atom. The highest BCUT2D eigenvalue weighted by molar-refractivity contribution is 5.95. The number of carbonyl (C=O) groups excluding carboxylic acids is 2. The highest BCUT2D eigenvalue weighted by Crippen LogP contribution is 2.31. The Morgan fingerprint density at radius 2 is 1.89 bits per heavy atom. The maximum atomic E-state index is 13.3. The monoisotopic (exact) mass is 386 g/mol. The van der Waals surface area contributed by atoms with Gasteiger partial charge in [-0.3, -0.25) is 9.59 Å². The van der Waals surface area contributed by atoms with E-state index in [0.29, 0.717) is 37.7 Å². The third-order valence-electron chi connectivity index (χ3n) is 6.28. The summed E-state index contributed by atoms with van der Waals surface area (Å²) in [5, 5.41) is 6.33. The molecule has 2 fully saturated rings. The van der Waals surface area contributed by atoms with Crippen LogP contribution in [0, 0.1) is 5.41 Å². The lowest BCUT2D eigenvalue weighted by Gasteiger charge is -2.39. The highest BCUT2D eigenvalue weighted by atomic mass is 16.2. The zero-order chi connectivity index (χ0) is 19.7. The van der Waals surface area contributed by atoms with Crippen molar-refractivity contribution in [3.8, 4) is 0 Å². The average Bonchev–Trinajstić information content (AvgIpc) is 3.27. The van der Waals surface area contributed by atoms with Gasteiger partial charge in [0.05, 0.1) is 11.1 Å². The van der Waals surface area contributed by atoms with Gasteiger partial charge >= 0.3 is 0 Å². The molecule has 3 aliphatic heterocycles. The van der Waals surface area contributed by atoms with Crippen molar-refractivity contribution >= 4 is 17.8 Å². The highest BCUT2D eigenvalue weighted by Gasteiger charge is 2.40. The lowest BCUT2D eigenvalue weighted by atomic mass is 9.81. The van der Waals surface area contributed by atoms with Crippen LogP contribution in [0.5, 0.6) is 0 Å². The molecule has 8 heteroatoms. The first kappa shape index (κ1) is 19.1. The molecule has 0 saturated carbocycles. The second kappa shape index (κ2) is 7.66. The van der Waals surface area contributed by atoms with Gasteiger partial charge in [-0.2, -0.15) is 0 Å². The second-order valence-corrected chi connectivity index (χ2v) is 8.39. The molecule has 1 aromatic heterocycles. The number of carbonyl (C=O) groups is 2. The van der Waals surface area contributed by atoms with Crippen LogP contribution in [0.15, 0.2) is 0 Å². The number of anilines is 1. The summed E-state index contributed by atoms with van der Waals surface area (Å²) in [6.45, 7) is 6.35. The van der Waals surface area contributed by atoms with Crippen LogP contribution in [0.1, 0.15) is 54.4 Å². The molecule has 0 bridgehead atoms. The van der Waals surface area contributed by atoms with Crippen molar-refractivity contribution in [3.05, 3.63) is 17.0 Å². The first-order chi connectivity index (χ1) is 13.5. The van der Waals surface area contributed by atoms with Crippen LogP contribution in [0.25, 0.3) is 0 Å². The van der Waals surface area contributed by atoms with Crippen LogP contribution < -0.4 is 10.6 Å². The Bertz CT molecular complexity index is 768. The Balaban J connectivity index is 1.63. The van der Waals surface area contributed by atoms with Crippen LogP contribution in [0.2, 0.25) is 0 Å². The van der Waals surface area contributed by atoms with E-state index < -0.39 is 0 Å². The summed E-state index contributed by atoms with van der Waals surface area (Å²) in [7, 11) is 1.77. The molecule has 4 heterocycles. The van der Waals surface area contributed by atoms with Gasteiger partial charge in [-0.25, -0.2) is 9.97 Å². The van der Waals surface area contributed by atoms with Gasteiger partial charge in [0, 0.05) is 51.8 Å². The fourth-order valence-corrected chi connectivity index (χ4v) is 4.57. The molecule has 8 nitrogen and oxygen atoms in total. The van der Waals surface area contributed by atoms with Crippen LogP contribution in [0.4, 0.5) is 5.95 Å². The predicted molar refractivity (Wildman–Crippen MR) is 106 cm³/mol. The van der Waals surface area contributed by atoms with Crippen LogP contribution >= 0.6 is 0 Å². The van der Waals surface area contributed by atoms with Gasteiger partial charge in [0.25, 0.3) is 5.91 Å². The third kappa shape index (κ3) is 3.45. The molecule has 1 aromatic rings. The van der Waals surface area contributed by atoms with E-state index in [2.05, 4.69) is 20.6 Å². The summed E-state index contributed by atoms with van der Waals surface area (Å²) in [5.74, 6) is 0.611. The molecule has 0 aromatic carbocycles. The summed E-state index contributed by atoms with van der Waals surface area (Å²) in [4.78, 5) is 39.3. The van der Waals surface area contributed by atoms with Crippen LogP contribution in [-0.4, -0.2) is 71.4 Å². The number of rotatable bonds is 3. The minimum absolute atomic E-state index is 0.0347.